The van der Waals surface area contributed by atoms with E-state index in [1.54, 1.807) is 37.4 Å². The number of benzene rings is 3. The van der Waals surface area contributed by atoms with Crippen LogP contribution in [0.3, 0.4) is 0 Å². The maximum Gasteiger partial charge on any atom is 0.416 e. The number of rotatable bonds is 20. The number of nitrogens with one attached hydrogen (secondary N) is 2. The first-order valence-electron chi connectivity index (χ1n) is 19.3. The molecule has 1 aliphatic rings. The number of carboxylic acid groups (broad SMARTS) is 1. The third-order valence-corrected chi connectivity index (χ3v) is 9.47. The van der Waals surface area contributed by atoms with Gasteiger partial charge in [0, 0.05) is 67.4 Å². The lowest BCUT2D eigenvalue weighted by Gasteiger charge is -2.29. The van der Waals surface area contributed by atoms with Gasteiger partial charge in [-0.2, -0.15) is 13.2 Å². The number of alkyl halides is 3. The Labute approximate surface area is 340 Å². The minimum absolute atomic E-state index is 0.0669. The number of piperidine rings is 1. The van der Waals surface area contributed by atoms with Gasteiger partial charge < -0.3 is 39.8 Å². The van der Waals surface area contributed by atoms with Crippen LogP contribution in [0.15, 0.2) is 85.1 Å². The van der Waals surface area contributed by atoms with Gasteiger partial charge in [0.05, 0.1) is 63.0 Å². The average molecular weight is 820 g/mol. The second kappa shape index (κ2) is 21.8. The molecule has 13 nitrogen and oxygen atoms in total. The predicted octanol–water partition coefficient (Wildman–Crippen LogP) is 6.54. The van der Waals surface area contributed by atoms with Crippen molar-refractivity contribution in [2.24, 2.45) is 0 Å². The van der Waals surface area contributed by atoms with Crippen LogP contribution in [0.5, 0.6) is 0 Å². The van der Waals surface area contributed by atoms with Crippen molar-refractivity contribution in [3.8, 4) is 11.3 Å². The first kappa shape index (κ1) is 44.3. The number of carboxylic acids is 1. The zero-order valence-electron chi connectivity index (χ0n) is 32.8. The molecular weight excluding hydrogens is 771 g/mol. The molecule has 3 amide bonds. The first-order chi connectivity index (χ1) is 28.4. The summed E-state index contributed by atoms with van der Waals surface area (Å²) in [6.45, 7) is 3.45. The average Bonchev–Trinajstić information content (AvgIpc) is 3.24. The number of carbonyl (C=O) groups is 4. The van der Waals surface area contributed by atoms with E-state index in [9.17, 15) is 32.3 Å². The molecule has 0 bridgehead atoms. The third kappa shape index (κ3) is 13.6. The van der Waals surface area contributed by atoms with Crippen LogP contribution in [0.25, 0.3) is 11.3 Å². The molecular formula is C43H48F3N5O8. The number of aromatic nitrogens is 1. The minimum Gasteiger partial charge on any atom is -0.481 e. The SMILES string of the molecule is CN(CCOCCOCCOCCC(=O)O)C(=O)c1cccc(C(=O)Nc2ccc(N3CCCCC3)cc2-c2cc(C(=O)NCc3cccc(C(F)(F)F)c3)ccn2)c1. The fourth-order valence-corrected chi connectivity index (χ4v) is 6.28. The number of halogens is 3. The Kier molecular flexibility index (Phi) is 16.3. The van der Waals surface area contributed by atoms with Crippen molar-refractivity contribution in [1.29, 1.82) is 0 Å². The summed E-state index contributed by atoms with van der Waals surface area (Å²) in [6, 6.07) is 19.8. The molecule has 59 heavy (non-hydrogen) atoms. The Morgan fingerprint density at radius 3 is 2.19 bits per heavy atom. The van der Waals surface area contributed by atoms with Crippen molar-refractivity contribution in [3.05, 3.63) is 113 Å². The molecule has 1 aromatic heterocycles. The number of aliphatic carboxylic acids is 1. The zero-order valence-corrected chi connectivity index (χ0v) is 32.8. The van der Waals surface area contributed by atoms with Crippen LogP contribution >= 0.6 is 0 Å². The highest BCUT2D eigenvalue weighted by atomic mass is 19.4. The summed E-state index contributed by atoms with van der Waals surface area (Å²) in [4.78, 5) is 59.0. The fraction of sp³-hybridized carbons (Fsp3) is 0.372. The highest BCUT2D eigenvalue weighted by Gasteiger charge is 2.30. The highest BCUT2D eigenvalue weighted by Crippen LogP contribution is 2.33. The molecule has 1 fully saturated rings. The number of amides is 3. The zero-order chi connectivity index (χ0) is 42.2. The molecule has 2 heterocycles. The summed E-state index contributed by atoms with van der Waals surface area (Å²) in [7, 11) is 1.63. The first-order valence-corrected chi connectivity index (χ1v) is 19.3. The number of likely N-dealkylation sites (N-methyl/N-ethyl adjacent to an activating group) is 1. The van der Waals surface area contributed by atoms with Crippen LogP contribution < -0.4 is 15.5 Å². The number of anilines is 2. The second-order valence-electron chi connectivity index (χ2n) is 13.8. The lowest BCUT2D eigenvalue weighted by atomic mass is 10.0. The Bertz CT molecular complexity index is 2060. The molecule has 16 heteroatoms. The van der Waals surface area contributed by atoms with Gasteiger partial charge in [-0.05, 0) is 85.5 Å². The lowest BCUT2D eigenvalue weighted by Crippen LogP contribution is -2.30. The van der Waals surface area contributed by atoms with Crippen LogP contribution in [-0.2, 0) is 31.7 Å². The maximum absolute atomic E-state index is 13.7. The summed E-state index contributed by atoms with van der Waals surface area (Å²) in [5, 5.41) is 14.3. The molecule has 0 aliphatic carbocycles. The van der Waals surface area contributed by atoms with Gasteiger partial charge in [0.2, 0.25) is 0 Å². The number of ether oxygens (including phenoxy) is 3. The normalized spacial score (nSPS) is 12.8. The van der Waals surface area contributed by atoms with Crippen molar-refractivity contribution >= 4 is 35.1 Å². The van der Waals surface area contributed by atoms with E-state index in [2.05, 4.69) is 20.5 Å². The fourth-order valence-electron chi connectivity index (χ4n) is 6.28. The quantitative estimate of drug-likeness (QED) is 0.0837. The lowest BCUT2D eigenvalue weighted by molar-refractivity contribution is -0.139. The van der Waals surface area contributed by atoms with Crippen molar-refractivity contribution in [2.75, 3.05) is 76.5 Å². The molecule has 0 unspecified atom stereocenters. The Balaban J connectivity index is 1.22. The maximum atomic E-state index is 13.7. The number of pyridine rings is 1. The molecule has 3 N–H and O–H groups in total. The van der Waals surface area contributed by atoms with E-state index in [-0.39, 0.29) is 56.4 Å². The van der Waals surface area contributed by atoms with E-state index >= 15 is 0 Å². The Hall–Kier alpha value is -5.84. The molecule has 5 rings (SSSR count). The number of nitrogens with zero attached hydrogens (tertiary/aromatic N) is 3. The summed E-state index contributed by atoms with van der Waals surface area (Å²) in [5.74, 6) is -2.22. The van der Waals surface area contributed by atoms with Gasteiger partial charge in [-0.1, -0.05) is 18.2 Å². The smallest absolute Gasteiger partial charge is 0.416 e. The standard InChI is InChI=1S/C43H48F3N5O8/c1-50(18-20-58-22-24-59-23-21-57-19-14-39(52)53)42(56)33-9-6-8-31(26-33)41(55)49-37-12-11-35(51-16-3-2-4-17-51)28-36(37)38-27-32(13-15-47-38)40(54)48-29-30-7-5-10-34(25-30)43(44,45)46/h5-13,15,25-28H,2-4,14,16-24,29H2,1H3,(H,48,54)(H,49,55)(H,52,53). The Morgan fingerprint density at radius 2 is 1.46 bits per heavy atom. The van der Waals surface area contributed by atoms with Crippen molar-refractivity contribution < 1.29 is 51.7 Å². The molecule has 314 valence electrons. The van der Waals surface area contributed by atoms with Gasteiger partial charge in [-0.15, -0.1) is 0 Å². The van der Waals surface area contributed by atoms with E-state index < -0.39 is 29.5 Å². The third-order valence-electron chi connectivity index (χ3n) is 9.47. The van der Waals surface area contributed by atoms with Gasteiger partial charge in [-0.25, -0.2) is 0 Å². The number of hydrogen-bond donors (Lipinski definition) is 3. The molecule has 4 aromatic rings. The van der Waals surface area contributed by atoms with Crippen molar-refractivity contribution in [1.82, 2.24) is 15.2 Å². The Morgan fingerprint density at radius 1 is 0.780 bits per heavy atom. The monoisotopic (exact) mass is 819 g/mol. The summed E-state index contributed by atoms with van der Waals surface area (Å²) < 4.78 is 55.8. The summed E-state index contributed by atoms with van der Waals surface area (Å²) in [6.07, 6.45) is 0.0964. The van der Waals surface area contributed by atoms with E-state index in [1.165, 1.54) is 35.4 Å². The molecule has 1 aliphatic heterocycles. The number of hydrogen-bond acceptors (Lipinski definition) is 9. The second-order valence-corrected chi connectivity index (χ2v) is 13.8. The molecule has 1 saturated heterocycles. The summed E-state index contributed by atoms with van der Waals surface area (Å²) in [5.41, 5.74) is 2.56. The number of carbonyl (C=O) groups excluding carboxylic acids is 3. The van der Waals surface area contributed by atoms with Gasteiger partial charge in [0.1, 0.15) is 0 Å². The van der Waals surface area contributed by atoms with Crippen LogP contribution in [0.1, 0.15) is 67.9 Å². The topological polar surface area (TPSA) is 160 Å². The molecule has 0 atom stereocenters. The molecule has 0 radical (unpaired) electrons. The van der Waals surface area contributed by atoms with E-state index in [0.29, 0.717) is 47.9 Å². The largest absolute Gasteiger partial charge is 0.481 e. The van der Waals surface area contributed by atoms with Gasteiger partial charge in [0.25, 0.3) is 17.7 Å². The van der Waals surface area contributed by atoms with Gasteiger partial charge >= 0.3 is 12.1 Å². The van der Waals surface area contributed by atoms with Crippen LogP contribution in [-0.4, -0.2) is 105 Å². The van der Waals surface area contributed by atoms with E-state index in [4.69, 9.17) is 19.3 Å². The van der Waals surface area contributed by atoms with E-state index in [1.807, 2.05) is 12.1 Å². The van der Waals surface area contributed by atoms with Crippen molar-refractivity contribution in [3.63, 3.8) is 0 Å². The van der Waals surface area contributed by atoms with Crippen LogP contribution in [0.4, 0.5) is 24.5 Å². The summed E-state index contributed by atoms with van der Waals surface area (Å²) >= 11 is 0. The highest BCUT2D eigenvalue weighted by molar-refractivity contribution is 6.08. The predicted molar refractivity (Wildman–Crippen MR) is 214 cm³/mol. The van der Waals surface area contributed by atoms with Gasteiger partial charge in [0.15, 0.2) is 0 Å². The molecule has 0 saturated carbocycles. The molecule has 3 aromatic carbocycles. The van der Waals surface area contributed by atoms with Crippen LogP contribution in [0.2, 0.25) is 0 Å². The molecule has 0 spiro atoms. The minimum atomic E-state index is -4.51. The van der Waals surface area contributed by atoms with Crippen LogP contribution in [0, 0.1) is 0 Å². The van der Waals surface area contributed by atoms with E-state index in [0.717, 1.165) is 50.2 Å². The van der Waals surface area contributed by atoms with Gasteiger partial charge in [-0.3, -0.25) is 24.2 Å². The van der Waals surface area contributed by atoms with Crippen molar-refractivity contribution in [2.45, 2.75) is 38.4 Å².